The van der Waals surface area contributed by atoms with Crippen LogP contribution in [0.25, 0.3) is 0 Å². The summed E-state index contributed by atoms with van der Waals surface area (Å²) in [7, 11) is 0. The molecule has 3 nitrogen and oxygen atoms in total. The minimum Gasteiger partial charge on any atom is -0.467 e. The Labute approximate surface area is 110 Å². The summed E-state index contributed by atoms with van der Waals surface area (Å²) in [4.78, 5) is 1.37. The lowest BCUT2D eigenvalue weighted by molar-refractivity contribution is 0.502. The van der Waals surface area contributed by atoms with Crippen LogP contribution in [-0.2, 0) is 13.0 Å². The Balaban J connectivity index is 1.61. The van der Waals surface area contributed by atoms with Crippen LogP contribution >= 0.6 is 23.6 Å². The van der Waals surface area contributed by atoms with Gasteiger partial charge in [-0.3, -0.25) is 0 Å². The van der Waals surface area contributed by atoms with Crippen molar-refractivity contribution < 1.29 is 4.42 Å². The van der Waals surface area contributed by atoms with Crippen molar-refractivity contribution in [3.05, 3.63) is 46.5 Å². The fraction of sp³-hybridized carbons (Fsp3) is 0.250. The van der Waals surface area contributed by atoms with Crippen LogP contribution in [0.1, 0.15) is 10.6 Å². The van der Waals surface area contributed by atoms with E-state index in [-0.39, 0.29) is 0 Å². The average Bonchev–Trinajstić information content (AvgIpc) is 2.99. The molecule has 2 aromatic heterocycles. The molecule has 2 heterocycles. The molecule has 0 unspecified atom stereocenters. The lowest BCUT2D eigenvalue weighted by atomic mass is 10.3. The molecular formula is C12H14N2OS2. The van der Waals surface area contributed by atoms with E-state index in [1.807, 2.05) is 12.1 Å². The SMILES string of the molecule is S=C(NCCc1cccs1)NCc1ccco1. The Kier molecular flexibility index (Phi) is 4.58. The summed E-state index contributed by atoms with van der Waals surface area (Å²) in [6.07, 6.45) is 2.66. The van der Waals surface area contributed by atoms with E-state index >= 15 is 0 Å². The van der Waals surface area contributed by atoms with Gasteiger partial charge in [0.15, 0.2) is 5.11 Å². The second-order valence-electron chi connectivity index (χ2n) is 3.52. The molecule has 0 aromatic carbocycles. The zero-order valence-corrected chi connectivity index (χ0v) is 10.9. The van der Waals surface area contributed by atoms with Gasteiger partial charge in [-0.25, -0.2) is 0 Å². The van der Waals surface area contributed by atoms with Crippen LogP contribution in [0.5, 0.6) is 0 Å². The van der Waals surface area contributed by atoms with Crippen LogP contribution in [0.2, 0.25) is 0 Å². The molecule has 0 aliphatic heterocycles. The van der Waals surface area contributed by atoms with Crippen molar-refractivity contribution in [2.45, 2.75) is 13.0 Å². The van der Waals surface area contributed by atoms with Crippen LogP contribution < -0.4 is 10.6 Å². The molecule has 0 spiro atoms. The first kappa shape index (κ1) is 12.1. The number of hydrogen-bond donors (Lipinski definition) is 2. The molecule has 0 radical (unpaired) electrons. The van der Waals surface area contributed by atoms with Crippen LogP contribution in [-0.4, -0.2) is 11.7 Å². The van der Waals surface area contributed by atoms with Gasteiger partial charge in [-0.05, 0) is 42.2 Å². The largest absolute Gasteiger partial charge is 0.467 e. The van der Waals surface area contributed by atoms with Gasteiger partial charge in [0.2, 0.25) is 0 Å². The summed E-state index contributed by atoms with van der Waals surface area (Å²) in [5, 5.41) is 9.01. The van der Waals surface area contributed by atoms with E-state index in [2.05, 4.69) is 28.1 Å². The Morgan fingerprint density at radius 3 is 2.94 bits per heavy atom. The van der Waals surface area contributed by atoms with E-state index in [0.717, 1.165) is 18.7 Å². The summed E-state index contributed by atoms with van der Waals surface area (Å²) in [5.74, 6) is 0.882. The monoisotopic (exact) mass is 266 g/mol. The molecule has 2 rings (SSSR count). The molecule has 0 bridgehead atoms. The van der Waals surface area contributed by atoms with Gasteiger partial charge < -0.3 is 15.1 Å². The third-order valence-electron chi connectivity index (χ3n) is 2.24. The Morgan fingerprint density at radius 2 is 2.24 bits per heavy atom. The van der Waals surface area contributed by atoms with E-state index in [1.54, 1.807) is 17.6 Å². The van der Waals surface area contributed by atoms with Gasteiger partial charge in [0, 0.05) is 11.4 Å². The van der Waals surface area contributed by atoms with Gasteiger partial charge in [-0.15, -0.1) is 11.3 Å². The first-order valence-corrected chi connectivity index (χ1v) is 6.70. The van der Waals surface area contributed by atoms with E-state index in [9.17, 15) is 0 Å². The van der Waals surface area contributed by atoms with Crippen molar-refractivity contribution in [2.75, 3.05) is 6.54 Å². The maximum Gasteiger partial charge on any atom is 0.166 e. The summed E-state index contributed by atoms with van der Waals surface area (Å²) >= 11 is 6.93. The minimum absolute atomic E-state index is 0.623. The van der Waals surface area contributed by atoms with Gasteiger partial charge in [-0.1, -0.05) is 6.07 Å². The Hall–Kier alpha value is -1.33. The predicted octanol–water partition coefficient (Wildman–Crippen LogP) is 2.55. The number of furan rings is 1. The maximum absolute atomic E-state index is 5.20. The first-order valence-electron chi connectivity index (χ1n) is 5.41. The number of rotatable bonds is 5. The first-order chi connectivity index (χ1) is 8.34. The maximum atomic E-state index is 5.20. The average molecular weight is 266 g/mol. The quantitative estimate of drug-likeness (QED) is 0.816. The van der Waals surface area contributed by atoms with E-state index in [4.69, 9.17) is 16.6 Å². The third kappa shape index (κ3) is 4.20. The molecule has 2 N–H and O–H groups in total. The highest BCUT2D eigenvalue weighted by Gasteiger charge is 1.98. The molecule has 17 heavy (non-hydrogen) atoms. The summed E-state index contributed by atoms with van der Waals surface area (Å²) < 4.78 is 5.20. The molecular weight excluding hydrogens is 252 g/mol. The summed E-state index contributed by atoms with van der Waals surface area (Å²) in [6.45, 7) is 1.47. The zero-order chi connectivity index (χ0) is 11.9. The molecule has 0 saturated carbocycles. The molecule has 0 amide bonds. The fourth-order valence-corrected chi connectivity index (χ4v) is 2.28. The smallest absolute Gasteiger partial charge is 0.166 e. The number of thiocarbonyl (C=S) groups is 1. The van der Waals surface area contributed by atoms with Crippen molar-refractivity contribution in [2.24, 2.45) is 0 Å². The van der Waals surface area contributed by atoms with Gasteiger partial charge in [-0.2, -0.15) is 0 Å². The molecule has 90 valence electrons. The number of thiophene rings is 1. The van der Waals surface area contributed by atoms with Crippen LogP contribution in [0, 0.1) is 0 Å². The molecule has 0 saturated heterocycles. The van der Waals surface area contributed by atoms with Gasteiger partial charge in [0.05, 0.1) is 12.8 Å². The van der Waals surface area contributed by atoms with Crippen molar-refractivity contribution in [3.8, 4) is 0 Å². The van der Waals surface area contributed by atoms with E-state index in [1.165, 1.54) is 4.88 Å². The highest BCUT2D eigenvalue weighted by Crippen LogP contribution is 2.07. The lowest BCUT2D eigenvalue weighted by Crippen LogP contribution is -2.35. The molecule has 0 aliphatic rings. The second kappa shape index (κ2) is 6.42. The highest BCUT2D eigenvalue weighted by molar-refractivity contribution is 7.80. The molecule has 0 aliphatic carbocycles. The van der Waals surface area contributed by atoms with Crippen LogP contribution in [0.4, 0.5) is 0 Å². The van der Waals surface area contributed by atoms with Gasteiger partial charge in [0.1, 0.15) is 5.76 Å². The standard InChI is InChI=1S/C12H14N2OS2/c16-12(14-9-10-3-1-7-15-10)13-6-5-11-4-2-8-17-11/h1-4,7-8H,5-6,9H2,(H2,13,14,16). The van der Waals surface area contributed by atoms with E-state index < -0.39 is 0 Å². The molecule has 5 heteroatoms. The number of hydrogen-bond acceptors (Lipinski definition) is 3. The Bertz CT molecular complexity index is 437. The van der Waals surface area contributed by atoms with Crippen molar-refractivity contribution in [1.82, 2.24) is 10.6 Å². The molecule has 0 atom stereocenters. The summed E-state index contributed by atoms with van der Waals surface area (Å²) in [6, 6.07) is 7.98. The predicted molar refractivity (Wildman–Crippen MR) is 74.2 cm³/mol. The Morgan fingerprint density at radius 1 is 1.29 bits per heavy atom. The highest BCUT2D eigenvalue weighted by atomic mass is 32.1. The van der Waals surface area contributed by atoms with Gasteiger partial charge >= 0.3 is 0 Å². The van der Waals surface area contributed by atoms with Gasteiger partial charge in [0.25, 0.3) is 0 Å². The normalized spacial score (nSPS) is 10.1. The zero-order valence-electron chi connectivity index (χ0n) is 9.31. The van der Waals surface area contributed by atoms with Crippen LogP contribution in [0.15, 0.2) is 40.3 Å². The third-order valence-corrected chi connectivity index (χ3v) is 3.47. The van der Waals surface area contributed by atoms with Crippen molar-refractivity contribution >= 4 is 28.7 Å². The van der Waals surface area contributed by atoms with Crippen molar-refractivity contribution in [3.63, 3.8) is 0 Å². The molecule has 2 aromatic rings. The molecule has 0 fully saturated rings. The fourth-order valence-electron chi connectivity index (χ4n) is 1.40. The summed E-state index contributed by atoms with van der Waals surface area (Å²) in [5.41, 5.74) is 0. The minimum atomic E-state index is 0.623. The topological polar surface area (TPSA) is 37.2 Å². The lowest BCUT2D eigenvalue weighted by Gasteiger charge is -2.08. The number of nitrogens with one attached hydrogen (secondary N) is 2. The van der Waals surface area contributed by atoms with E-state index in [0.29, 0.717) is 11.7 Å². The van der Waals surface area contributed by atoms with Crippen LogP contribution in [0.3, 0.4) is 0 Å². The second-order valence-corrected chi connectivity index (χ2v) is 4.96. The van der Waals surface area contributed by atoms with Crippen molar-refractivity contribution in [1.29, 1.82) is 0 Å².